The third-order valence-electron chi connectivity index (χ3n) is 4.10. The SMILES string of the molecule is CN=C(NCCCc1nnc(SC)n1CC(C)C)NCc1nc(C)c(C)s1. The monoisotopic (exact) mass is 409 g/mol. The molecule has 0 aliphatic rings. The maximum atomic E-state index is 4.55. The topological polar surface area (TPSA) is 80.0 Å². The minimum Gasteiger partial charge on any atom is -0.356 e. The molecule has 0 saturated heterocycles. The fraction of sp³-hybridized carbons (Fsp3) is 0.667. The summed E-state index contributed by atoms with van der Waals surface area (Å²) in [7, 11) is 1.79. The van der Waals surface area contributed by atoms with Gasteiger partial charge in [0.05, 0.1) is 12.2 Å². The van der Waals surface area contributed by atoms with E-state index in [1.807, 2.05) is 13.2 Å². The summed E-state index contributed by atoms with van der Waals surface area (Å²) >= 11 is 3.38. The van der Waals surface area contributed by atoms with E-state index < -0.39 is 0 Å². The van der Waals surface area contributed by atoms with Crippen molar-refractivity contribution in [1.29, 1.82) is 0 Å². The standard InChI is InChI=1S/C18H31N7S2/c1-12(2)11-25-15(23-24-18(25)26-6)8-7-9-20-17(19-5)21-10-16-22-13(3)14(4)27-16/h12H,7-11H2,1-6H3,(H2,19,20,21). The molecule has 0 saturated carbocycles. The number of aliphatic imine (C=N–C) groups is 1. The van der Waals surface area contributed by atoms with Gasteiger partial charge in [0.1, 0.15) is 10.8 Å². The Balaban J connectivity index is 1.79. The first-order valence-electron chi connectivity index (χ1n) is 9.28. The minimum atomic E-state index is 0.574. The van der Waals surface area contributed by atoms with Gasteiger partial charge in [0.2, 0.25) is 0 Å². The van der Waals surface area contributed by atoms with Crippen molar-refractivity contribution in [3.05, 3.63) is 21.4 Å². The number of guanidine groups is 1. The first-order valence-corrected chi connectivity index (χ1v) is 11.3. The van der Waals surface area contributed by atoms with Gasteiger partial charge in [-0.1, -0.05) is 25.6 Å². The molecule has 0 amide bonds. The van der Waals surface area contributed by atoms with Gasteiger partial charge in [-0.05, 0) is 32.4 Å². The third kappa shape index (κ3) is 6.49. The molecule has 0 radical (unpaired) electrons. The van der Waals surface area contributed by atoms with Gasteiger partial charge >= 0.3 is 0 Å². The summed E-state index contributed by atoms with van der Waals surface area (Å²) in [5.41, 5.74) is 1.11. The Morgan fingerprint density at radius 2 is 2.04 bits per heavy atom. The van der Waals surface area contributed by atoms with Crippen LogP contribution >= 0.6 is 23.1 Å². The molecule has 27 heavy (non-hydrogen) atoms. The lowest BCUT2D eigenvalue weighted by Crippen LogP contribution is -2.37. The summed E-state index contributed by atoms with van der Waals surface area (Å²) in [5, 5.41) is 17.5. The van der Waals surface area contributed by atoms with Crippen molar-refractivity contribution < 1.29 is 0 Å². The first-order chi connectivity index (χ1) is 12.9. The Hall–Kier alpha value is -1.61. The number of nitrogens with zero attached hydrogens (tertiary/aromatic N) is 5. The molecule has 2 heterocycles. The predicted octanol–water partition coefficient (Wildman–Crippen LogP) is 3.03. The van der Waals surface area contributed by atoms with Crippen LogP contribution in [0.15, 0.2) is 10.1 Å². The van der Waals surface area contributed by atoms with Crippen LogP contribution in [-0.4, -0.2) is 45.6 Å². The van der Waals surface area contributed by atoms with Crippen LogP contribution in [0, 0.1) is 19.8 Å². The average molecular weight is 410 g/mol. The summed E-state index contributed by atoms with van der Waals surface area (Å²) in [4.78, 5) is 10.1. The Labute approximate surface area is 170 Å². The molecular weight excluding hydrogens is 378 g/mol. The second-order valence-corrected chi connectivity index (χ2v) is 8.87. The fourth-order valence-corrected chi connectivity index (χ4v) is 4.05. The van der Waals surface area contributed by atoms with Crippen LogP contribution in [-0.2, 0) is 19.5 Å². The summed E-state index contributed by atoms with van der Waals surface area (Å²) < 4.78 is 2.25. The quantitative estimate of drug-likeness (QED) is 0.287. The van der Waals surface area contributed by atoms with Gasteiger partial charge in [0.25, 0.3) is 0 Å². The fourth-order valence-electron chi connectivity index (χ4n) is 2.65. The summed E-state index contributed by atoms with van der Waals surface area (Å²) in [5.74, 6) is 2.44. The van der Waals surface area contributed by atoms with Crippen LogP contribution in [0.25, 0.3) is 0 Å². The van der Waals surface area contributed by atoms with Crippen molar-refractivity contribution >= 4 is 29.1 Å². The molecule has 2 N–H and O–H groups in total. The predicted molar refractivity (Wildman–Crippen MR) is 115 cm³/mol. The van der Waals surface area contributed by atoms with E-state index in [4.69, 9.17) is 0 Å². The zero-order chi connectivity index (χ0) is 19.8. The smallest absolute Gasteiger partial charge is 0.191 e. The lowest BCUT2D eigenvalue weighted by molar-refractivity contribution is 0.477. The van der Waals surface area contributed by atoms with Gasteiger partial charge in [-0.15, -0.1) is 21.5 Å². The maximum Gasteiger partial charge on any atom is 0.191 e. The van der Waals surface area contributed by atoms with E-state index in [-0.39, 0.29) is 0 Å². The Bertz CT molecular complexity index is 729. The van der Waals surface area contributed by atoms with Gasteiger partial charge in [-0.25, -0.2) is 4.98 Å². The van der Waals surface area contributed by atoms with Crippen LogP contribution in [0.2, 0.25) is 0 Å². The van der Waals surface area contributed by atoms with Crippen LogP contribution in [0.4, 0.5) is 0 Å². The molecular formula is C18H31N7S2. The van der Waals surface area contributed by atoms with E-state index >= 15 is 0 Å². The van der Waals surface area contributed by atoms with Crippen molar-refractivity contribution in [3.8, 4) is 0 Å². The van der Waals surface area contributed by atoms with Gasteiger partial charge in [-0.3, -0.25) is 4.99 Å². The van der Waals surface area contributed by atoms with Gasteiger partial charge in [0.15, 0.2) is 11.1 Å². The number of thioether (sulfide) groups is 1. The zero-order valence-corrected chi connectivity index (χ0v) is 18.8. The highest BCUT2D eigenvalue weighted by Gasteiger charge is 2.12. The summed E-state index contributed by atoms with van der Waals surface area (Å²) in [6.45, 7) is 11.1. The Morgan fingerprint density at radius 1 is 1.26 bits per heavy atom. The number of aryl methyl sites for hydroxylation is 3. The molecule has 0 unspecified atom stereocenters. The molecule has 0 aliphatic carbocycles. The van der Waals surface area contributed by atoms with Gasteiger partial charge in [-0.2, -0.15) is 0 Å². The van der Waals surface area contributed by atoms with E-state index in [0.717, 1.165) is 53.6 Å². The number of thiazole rings is 1. The number of nitrogens with one attached hydrogen (secondary N) is 2. The molecule has 150 valence electrons. The molecule has 2 aromatic heterocycles. The van der Waals surface area contributed by atoms with Crippen molar-refractivity contribution in [2.45, 2.75) is 58.8 Å². The first kappa shape index (κ1) is 21.7. The van der Waals surface area contributed by atoms with Crippen LogP contribution < -0.4 is 10.6 Å². The van der Waals surface area contributed by atoms with E-state index in [0.29, 0.717) is 12.5 Å². The van der Waals surface area contributed by atoms with Crippen molar-refractivity contribution in [2.24, 2.45) is 10.9 Å². The van der Waals surface area contributed by atoms with Crippen LogP contribution in [0.5, 0.6) is 0 Å². The molecule has 0 bridgehead atoms. The van der Waals surface area contributed by atoms with E-state index in [9.17, 15) is 0 Å². The molecule has 9 heteroatoms. The van der Waals surface area contributed by atoms with Crippen molar-refractivity contribution in [3.63, 3.8) is 0 Å². The normalized spacial score (nSPS) is 12.0. The highest BCUT2D eigenvalue weighted by molar-refractivity contribution is 7.98. The molecule has 0 atom stereocenters. The number of aromatic nitrogens is 4. The molecule has 0 aromatic carbocycles. The molecule has 0 fully saturated rings. The number of hydrogen-bond donors (Lipinski definition) is 2. The molecule has 2 rings (SSSR count). The van der Waals surface area contributed by atoms with Crippen LogP contribution in [0.1, 0.15) is 41.7 Å². The van der Waals surface area contributed by atoms with Crippen molar-refractivity contribution in [1.82, 2.24) is 30.4 Å². The highest BCUT2D eigenvalue weighted by atomic mass is 32.2. The third-order valence-corrected chi connectivity index (χ3v) is 5.84. The molecule has 7 nitrogen and oxygen atoms in total. The largest absolute Gasteiger partial charge is 0.356 e. The van der Waals surface area contributed by atoms with Crippen LogP contribution in [0.3, 0.4) is 0 Å². The highest BCUT2D eigenvalue weighted by Crippen LogP contribution is 2.17. The summed E-state index contributed by atoms with van der Waals surface area (Å²) in [6, 6.07) is 0. The van der Waals surface area contributed by atoms with Gasteiger partial charge < -0.3 is 15.2 Å². The Morgan fingerprint density at radius 3 is 2.63 bits per heavy atom. The molecule has 2 aromatic rings. The molecule has 0 aliphatic heterocycles. The average Bonchev–Trinajstić information content (AvgIpc) is 3.16. The second-order valence-electron chi connectivity index (χ2n) is 6.81. The van der Waals surface area contributed by atoms with E-state index in [2.05, 4.69) is 56.1 Å². The number of hydrogen-bond acceptors (Lipinski definition) is 6. The second kappa shape index (κ2) is 10.7. The minimum absolute atomic E-state index is 0.574. The van der Waals surface area contributed by atoms with Gasteiger partial charge in [0, 0.05) is 31.4 Å². The Kier molecular flexibility index (Phi) is 8.56. The van der Waals surface area contributed by atoms with Crippen molar-refractivity contribution in [2.75, 3.05) is 19.8 Å². The lowest BCUT2D eigenvalue weighted by atomic mass is 10.2. The number of rotatable bonds is 9. The summed E-state index contributed by atoms with van der Waals surface area (Å²) in [6.07, 6.45) is 3.92. The maximum absolute atomic E-state index is 4.55. The lowest BCUT2D eigenvalue weighted by Gasteiger charge is -2.13. The molecule has 0 spiro atoms. The van der Waals surface area contributed by atoms with E-state index in [1.165, 1.54) is 4.88 Å². The zero-order valence-electron chi connectivity index (χ0n) is 17.2. The van der Waals surface area contributed by atoms with E-state index in [1.54, 1.807) is 30.1 Å².